The first kappa shape index (κ1) is 14.5. The van der Waals surface area contributed by atoms with Crippen molar-refractivity contribution in [1.29, 1.82) is 5.26 Å². The van der Waals surface area contributed by atoms with Gasteiger partial charge < -0.3 is 5.32 Å². The summed E-state index contributed by atoms with van der Waals surface area (Å²) in [4.78, 5) is 11.7. The lowest BCUT2D eigenvalue weighted by Gasteiger charge is -2.02. The molecule has 2 aromatic rings. The van der Waals surface area contributed by atoms with Gasteiger partial charge in [0.25, 0.3) is 0 Å². The number of carbonyl (C=O) groups is 1. The van der Waals surface area contributed by atoms with Crippen LogP contribution in [0.3, 0.4) is 0 Å². The quantitative estimate of drug-likeness (QED) is 0.872. The largest absolute Gasteiger partial charge is 0.348 e. The second kappa shape index (κ2) is 7.06. The van der Waals surface area contributed by atoms with Gasteiger partial charge in [0.05, 0.1) is 11.6 Å². The minimum absolute atomic E-state index is 0.155. The van der Waals surface area contributed by atoms with Crippen LogP contribution in [0.25, 0.3) is 6.08 Å². The van der Waals surface area contributed by atoms with Gasteiger partial charge in [-0.1, -0.05) is 42.0 Å². The molecule has 0 saturated carbocycles. The molecular weight excluding hydrogens is 260 g/mol. The summed E-state index contributed by atoms with van der Waals surface area (Å²) in [5.41, 5.74) is 3.68. The minimum Gasteiger partial charge on any atom is -0.348 e. The highest BCUT2D eigenvalue weighted by molar-refractivity contribution is 5.91. The molecule has 0 aromatic heterocycles. The normalized spacial score (nSPS) is 10.3. The van der Waals surface area contributed by atoms with Crippen LogP contribution in [0.15, 0.2) is 54.6 Å². The molecule has 21 heavy (non-hydrogen) atoms. The Kier molecular flexibility index (Phi) is 4.89. The van der Waals surface area contributed by atoms with Crippen molar-refractivity contribution in [3.8, 4) is 6.07 Å². The number of amides is 1. The number of nitrogens with one attached hydrogen (secondary N) is 1. The number of nitrogens with zero attached hydrogens (tertiary/aromatic N) is 1. The van der Waals surface area contributed by atoms with Gasteiger partial charge in [-0.2, -0.15) is 5.26 Å². The molecule has 3 nitrogen and oxygen atoms in total. The summed E-state index contributed by atoms with van der Waals surface area (Å²) in [6, 6.07) is 17.2. The van der Waals surface area contributed by atoms with Gasteiger partial charge in [0, 0.05) is 12.6 Å². The number of aryl methyl sites for hydroxylation is 1. The van der Waals surface area contributed by atoms with Crippen molar-refractivity contribution in [2.45, 2.75) is 13.5 Å². The molecule has 0 aliphatic heterocycles. The number of carbonyl (C=O) groups excluding carboxylic acids is 1. The van der Waals surface area contributed by atoms with E-state index in [4.69, 9.17) is 5.26 Å². The number of nitriles is 1. The van der Waals surface area contributed by atoms with Crippen molar-refractivity contribution in [3.63, 3.8) is 0 Å². The average molecular weight is 276 g/mol. The van der Waals surface area contributed by atoms with Crippen LogP contribution >= 0.6 is 0 Å². The van der Waals surface area contributed by atoms with Crippen molar-refractivity contribution in [3.05, 3.63) is 76.9 Å². The van der Waals surface area contributed by atoms with E-state index in [9.17, 15) is 4.79 Å². The lowest BCUT2D eigenvalue weighted by molar-refractivity contribution is -0.116. The van der Waals surface area contributed by atoms with Crippen molar-refractivity contribution >= 4 is 12.0 Å². The molecule has 104 valence electrons. The maximum absolute atomic E-state index is 11.7. The molecule has 0 aliphatic rings. The first-order valence-electron chi connectivity index (χ1n) is 6.69. The van der Waals surface area contributed by atoms with E-state index in [1.54, 1.807) is 18.2 Å². The molecule has 0 radical (unpaired) electrons. The predicted molar refractivity (Wildman–Crippen MR) is 83.2 cm³/mol. The molecule has 0 fully saturated rings. The Morgan fingerprint density at radius 2 is 2.00 bits per heavy atom. The van der Waals surface area contributed by atoms with Crippen LogP contribution in [0.4, 0.5) is 0 Å². The Morgan fingerprint density at radius 1 is 1.24 bits per heavy atom. The van der Waals surface area contributed by atoms with Crippen molar-refractivity contribution in [1.82, 2.24) is 5.32 Å². The maximum atomic E-state index is 11.7. The summed E-state index contributed by atoms with van der Waals surface area (Å²) in [5, 5.41) is 11.6. The van der Waals surface area contributed by atoms with E-state index in [1.807, 2.05) is 43.3 Å². The minimum atomic E-state index is -0.155. The Bertz CT molecular complexity index is 694. The van der Waals surface area contributed by atoms with Gasteiger partial charge in [-0.3, -0.25) is 4.79 Å². The highest BCUT2D eigenvalue weighted by Gasteiger charge is 1.98. The lowest BCUT2D eigenvalue weighted by atomic mass is 10.1. The fraction of sp³-hybridized carbons (Fsp3) is 0.111. The SMILES string of the molecule is Cc1ccc(/C=C/C(=O)NCc2cccc(C#N)c2)cc1. The van der Waals surface area contributed by atoms with E-state index < -0.39 is 0 Å². The van der Waals surface area contributed by atoms with Gasteiger partial charge in [0.1, 0.15) is 0 Å². The third-order valence-corrected chi connectivity index (χ3v) is 3.03. The van der Waals surface area contributed by atoms with E-state index in [0.29, 0.717) is 12.1 Å². The van der Waals surface area contributed by atoms with Gasteiger partial charge in [0.2, 0.25) is 5.91 Å². The summed E-state index contributed by atoms with van der Waals surface area (Å²) < 4.78 is 0. The molecule has 1 N–H and O–H groups in total. The third-order valence-electron chi connectivity index (χ3n) is 3.03. The smallest absolute Gasteiger partial charge is 0.244 e. The molecule has 3 heteroatoms. The first-order valence-corrected chi connectivity index (χ1v) is 6.69. The Morgan fingerprint density at radius 3 is 2.71 bits per heavy atom. The van der Waals surface area contributed by atoms with Crippen molar-refractivity contribution < 1.29 is 4.79 Å². The molecule has 0 saturated heterocycles. The van der Waals surface area contributed by atoms with Gasteiger partial charge in [0.15, 0.2) is 0 Å². The molecule has 0 spiro atoms. The molecule has 2 aromatic carbocycles. The lowest BCUT2D eigenvalue weighted by Crippen LogP contribution is -2.20. The van der Waals surface area contributed by atoms with E-state index in [-0.39, 0.29) is 5.91 Å². The molecule has 0 unspecified atom stereocenters. The summed E-state index contributed by atoms with van der Waals surface area (Å²) in [6.07, 6.45) is 3.29. The molecule has 0 atom stereocenters. The zero-order valence-electron chi connectivity index (χ0n) is 11.8. The van der Waals surface area contributed by atoms with Gasteiger partial charge in [-0.05, 0) is 36.3 Å². The van der Waals surface area contributed by atoms with Crippen LogP contribution in [-0.2, 0) is 11.3 Å². The second-order valence-electron chi connectivity index (χ2n) is 4.77. The van der Waals surface area contributed by atoms with E-state index >= 15 is 0 Å². The van der Waals surface area contributed by atoms with E-state index in [0.717, 1.165) is 11.1 Å². The van der Waals surface area contributed by atoms with Crippen LogP contribution in [-0.4, -0.2) is 5.91 Å². The van der Waals surface area contributed by atoms with Crippen LogP contribution in [0.1, 0.15) is 22.3 Å². The Balaban J connectivity index is 1.90. The first-order chi connectivity index (χ1) is 10.2. The monoisotopic (exact) mass is 276 g/mol. The van der Waals surface area contributed by atoms with Crippen LogP contribution < -0.4 is 5.32 Å². The molecule has 0 heterocycles. The van der Waals surface area contributed by atoms with Gasteiger partial charge >= 0.3 is 0 Å². The van der Waals surface area contributed by atoms with E-state index in [2.05, 4.69) is 11.4 Å². The fourth-order valence-corrected chi connectivity index (χ4v) is 1.85. The topological polar surface area (TPSA) is 52.9 Å². The van der Waals surface area contributed by atoms with Crippen LogP contribution in [0.5, 0.6) is 0 Å². The number of benzene rings is 2. The maximum Gasteiger partial charge on any atom is 0.244 e. The summed E-state index contributed by atoms with van der Waals surface area (Å²) in [7, 11) is 0. The molecule has 0 bridgehead atoms. The predicted octanol–water partition coefficient (Wildman–Crippen LogP) is 3.20. The van der Waals surface area contributed by atoms with Gasteiger partial charge in [-0.25, -0.2) is 0 Å². The number of hydrogen-bond donors (Lipinski definition) is 1. The van der Waals surface area contributed by atoms with Crippen LogP contribution in [0.2, 0.25) is 0 Å². The standard InChI is InChI=1S/C18H16N2O/c1-14-5-7-15(8-6-14)9-10-18(21)20-13-17-4-2-3-16(11-17)12-19/h2-11H,13H2,1H3,(H,20,21)/b10-9+. The molecule has 0 aliphatic carbocycles. The Hall–Kier alpha value is -2.86. The highest BCUT2D eigenvalue weighted by Crippen LogP contribution is 2.05. The van der Waals surface area contributed by atoms with E-state index in [1.165, 1.54) is 11.6 Å². The highest BCUT2D eigenvalue weighted by atomic mass is 16.1. The fourth-order valence-electron chi connectivity index (χ4n) is 1.85. The molecular formula is C18H16N2O. The van der Waals surface area contributed by atoms with Crippen LogP contribution in [0, 0.1) is 18.3 Å². The van der Waals surface area contributed by atoms with Crippen molar-refractivity contribution in [2.75, 3.05) is 0 Å². The Labute approximate surface area is 124 Å². The average Bonchev–Trinajstić information content (AvgIpc) is 2.52. The van der Waals surface area contributed by atoms with Crippen molar-refractivity contribution in [2.24, 2.45) is 0 Å². The summed E-state index contributed by atoms with van der Waals surface area (Å²) >= 11 is 0. The third kappa shape index (κ3) is 4.63. The summed E-state index contributed by atoms with van der Waals surface area (Å²) in [6.45, 7) is 2.43. The molecule has 1 amide bonds. The number of rotatable bonds is 4. The zero-order chi connectivity index (χ0) is 15.1. The number of hydrogen-bond acceptors (Lipinski definition) is 2. The zero-order valence-corrected chi connectivity index (χ0v) is 11.8. The second-order valence-corrected chi connectivity index (χ2v) is 4.77. The molecule has 2 rings (SSSR count). The van der Waals surface area contributed by atoms with Gasteiger partial charge in [-0.15, -0.1) is 0 Å². The summed E-state index contributed by atoms with van der Waals surface area (Å²) in [5.74, 6) is -0.155.